The molecule has 2 N–H and O–H groups in total. The molecular weight excluding hydrogens is 286 g/mol. The first-order valence-electron chi connectivity index (χ1n) is 7.81. The Kier molecular flexibility index (Phi) is 4.34. The van der Waals surface area contributed by atoms with Crippen molar-refractivity contribution in [3.63, 3.8) is 0 Å². The van der Waals surface area contributed by atoms with Gasteiger partial charge in [0.1, 0.15) is 5.15 Å². The van der Waals surface area contributed by atoms with E-state index in [1.807, 2.05) is 13.0 Å². The molecule has 2 amide bonds. The van der Waals surface area contributed by atoms with Crippen LogP contribution in [-0.2, 0) is 0 Å². The molecule has 0 bridgehead atoms. The molecule has 0 aromatic carbocycles. The Hall–Kier alpha value is -1.29. The number of aromatic nitrogens is 1. The summed E-state index contributed by atoms with van der Waals surface area (Å²) in [6, 6.07) is 2.01. The first-order valence-corrected chi connectivity index (χ1v) is 8.19. The number of halogens is 1. The third-order valence-electron chi connectivity index (χ3n) is 4.61. The Balaban J connectivity index is 1.52. The highest BCUT2D eigenvalue weighted by atomic mass is 35.5. The van der Waals surface area contributed by atoms with Crippen molar-refractivity contribution in [2.24, 2.45) is 11.8 Å². The normalized spacial score (nSPS) is 25.4. The molecular formula is C16H22ClN3O. The second kappa shape index (κ2) is 6.22. The summed E-state index contributed by atoms with van der Waals surface area (Å²) in [4.78, 5) is 16.1. The lowest BCUT2D eigenvalue weighted by Gasteiger charge is -2.29. The van der Waals surface area contributed by atoms with E-state index in [0.29, 0.717) is 16.9 Å². The number of aryl methyl sites for hydroxylation is 1. The average Bonchev–Trinajstić information content (AvgIpc) is 3.28. The zero-order valence-corrected chi connectivity index (χ0v) is 13.1. The molecule has 2 aliphatic carbocycles. The van der Waals surface area contributed by atoms with Crippen LogP contribution >= 0.6 is 11.6 Å². The van der Waals surface area contributed by atoms with Crippen LogP contribution in [-0.4, -0.2) is 17.1 Å². The fourth-order valence-electron chi connectivity index (χ4n) is 3.33. The lowest BCUT2D eigenvalue weighted by molar-refractivity contribution is 0.230. The topological polar surface area (TPSA) is 54.0 Å². The van der Waals surface area contributed by atoms with Crippen LogP contribution in [0.25, 0.3) is 0 Å². The van der Waals surface area contributed by atoms with Crippen LogP contribution in [0.5, 0.6) is 0 Å². The third kappa shape index (κ3) is 3.88. The fraction of sp³-hybridized carbons (Fsp3) is 0.625. The van der Waals surface area contributed by atoms with Crippen LogP contribution in [0.1, 0.15) is 44.1 Å². The number of urea groups is 1. The van der Waals surface area contributed by atoms with Crippen molar-refractivity contribution in [3.05, 3.63) is 23.0 Å². The predicted molar refractivity (Wildman–Crippen MR) is 84.6 cm³/mol. The van der Waals surface area contributed by atoms with Gasteiger partial charge in [-0.1, -0.05) is 24.4 Å². The number of nitrogens with zero attached hydrogens (tertiary/aromatic N) is 1. The molecule has 2 aliphatic rings. The van der Waals surface area contributed by atoms with Crippen molar-refractivity contribution in [3.8, 4) is 0 Å². The minimum Gasteiger partial charge on any atom is -0.335 e. The highest BCUT2D eigenvalue weighted by Crippen LogP contribution is 2.43. The predicted octanol–water partition coefficient (Wildman–Crippen LogP) is 4.13. The molecule has 2 atom stereocenters. The van der Waals surface area contributed by atoms with Gasteiger partial charge in [0, 0.05) is 6.04 Å². The Morgan fingerprint density at radius 1 is 1.29 bits per heavy atom. The zero-order valence-electron chi connectivity index (χ0n) is 12.4. The van der Waals surface area contributed by atoms with Crippen molar-refractivity contribution >= 4 is 23.3 Å². The molecule has 114 valence electrons. The van der Waals surface area contributed by atoms with Crippen LogP contribution in [0, 0.1) is 18.8 Å². The van der Waals surface area contributed by atoms with Crippen LogP contribution in [0.15, 0.2) is 12.3 Å². The maximum absolute atomic E-state index is 12.1. The summed E-state index contributed by atoms with van der Waals surface area (Å²) in [6.45, 7) is 1.87. The van der Waals surface area contributed by atoms with Gasteiger partial charge in [0.2, 0.25) is 0 Å². The first kappa shape index (κ1) is 14.6. The number of pyridine rings is 1. The van der Waals surface area contributed by atoms with E-state index in [2.05, 4.69) is 15.6 Å². The molecule has 2 saturated carbocycles. The Labute approximate surface area is 130 Å². The molecule has 3 rings (SSSR count). The summed E-state index contributed by atoms with van der Waals surface area (Å²) in [5.41, 5.74) is 1.55. The minimum atomic E-state index is -0.139. The summed E-state index contributed by atoms with van der Waals surface area (Å²) in [5.74, 6) is 1.75. The van der Waals surface area contributed by atoms with E-state index in [4.69, 9.17) is 11.6 Å². The molecule has 4 nitrogen and oxygen atoms in total. The molecule has 0 spiro atoms. The van der Waals surface area contributed by atoms with Crippen LogP contribution < -0.4 is 10.6 Å². The van der Waals surface area contributed by atoms with Gasteiger partial charge in [-0.05, 0) is 56.1 Å². The SMILES string of the molecule is Cc1cc(NC(=O)N[C@@H]2CCC[C@H](C3CC3)C2)cnc1Cl. The molecule has 0 unspecified atom stereocenters. The monoisotopic (exact) mass is 307 g/mol. The maximum atomic E-state index is 12.1. The van der Waals surface area contributed by atoms with E-state index in [0.717, 1.165) is 30.2 Å². The highest BCUT2D eigenvalue weighted by molar-refractivity contribution is 6.30. The number of hydrogen-bond donors (Lipinski definition) is 2. The zero-order chi connectivity index (χ0) is 14.8. The van der Waals surface area contributed by atoms with Crippen LogP contribution in [0.3, 0.4) is 0 Å². The number of amides is 2. The van der Waals surface area contributed by atoms with E-state index in [1.54, 1.807) is 6.20 Å². The van der Waals surface area contributed by atoms with Crippen molar-refractivity contribution in [1.29, 1.82) is 0 Å². The molecule has 21 heavy (non-hydrogen) atoms. The molecule has 2 fully saturated rings. The summed E-state index contributed by atoms with van der Waals surface area (Å²) >= 11 is 5.88. The number of anilines is 1. The largest absolute Gasteiger partial charge is 0.335 e. The molecule has 5 heteroatoms. The number of nitrogens with one attached hydrogen (secondary N) is 2. The highest BCUT2D eigenvalue weighted by Gasteiger charge is 2.35. The van der Waals surface area contributed by atoms with Crippen molar-refractivity contribution < 1.29 is 4.79 Å². The van der Waals surface area contributed by atoms with Gasteiger partial charge in [0.25, 0.3) is 0 Å². The number of carbonyl (C=O) groups is 1. The summed E-state index contributed by atoms with van der Waals surface area (Å²) in [5, 5.41) is 6.42. The molecule has 0 aliphatic heterocycles. The van der Waals surface area contributed by atoms with E-state index < -0.39 is 0 Å². The van der Waals surface area contributed by atoms with E-state index >= 15 is 0 Å². The molecule has 1 heterocycles. The maximum Gasteiger partial charge on any atom is 0.319 e. The second-order valence-electron chi connectivity index (χ2n) is 6.39. The van der Waals surface area contributed by atoms with Gasteiger partial charge in [-0.25, -0.2) is 9.78 Å². The number of hydrogen-bond acceptors (Lipinski definition) is 2. The first-order chi connectivity index (χ1) is 10.1. The van der Waals surface area contributed by atoms with Gasteiger partial charge in [0.15, 0.2) is 0 Å². The van der Waals surface area contributed by atoms with Crippen molar-refractivity contribution in [2.75, 3.05) is 5.32 Å². The van der Waals surface area contributed by atoms with E-state index in [-0.39, 0.29) is 6.03 Å². The standard InChI is InChI=1S/C16H22ClN3O/c1-10-7-14(9-18-15(10)17)20-16(21)19-13-4-2-3-12(8-13)11-5-6-11/h7,9,11-13H,2-6,8H2,1H3,(H2,19,20,21)/t12-,13+/m0/s1. The number of rotatable bonds is 3. The quantitative estimate of drug-likeness (QED) is 0.825. The summed E-state index contributed by atoms with van der Waals surface area (Å²) < 4.78 is 0. The van der Waals surface area contributed by atoms with Gasteiger partial charge in [0.05, 0.1) is 11.9 Å². The van der Waals surface area contributed by atoms with Gasteiger partial charge in [-0.3, -0.25) is 0 Å². The Bertz CT molecular complexity index is 530. The van der Waals surface area contributed by atoms with E-state index in [9.17, 15) is 4.79 Å². The van der Waals surface area contributed by atoms with Gasteiger partial charge < -0.3 is 10.6 Å². The Morgan fingerprint density at radius 3 is 2.81 bits per heavy atom. The second-order valence-corrected chi connectivity index (χ2v) is 6.75. The van der Waals surface area contributed by atoms with Gasteiger partial charge in [-0.2, -0.15) is 0 Å². The summed E-state index contributed by atoms with van der Waals surface area (Å²) in [6.07, 6.45) is 9.16. The lowest BCUT2D eigenvalue weighted by Crippen LogP contribution is -2.41. The fourth-order valence-corrected chi connectivity index (χ4v) is 3.44. The van der Waals surface area contributed by atoms with Crippen molar-refractivity contribution in [2.45, 2.75) is 51.5 Å². The van der Waals surface area contributed by atoms with Crippen LogP contribution in [0.2, 0.25) is 5.15 Å². The third-order valence-corrected chi connectivity index (χ3v) is 5.01. The van der Waals surface area contributed by atoms with E-state index in [1.165, 1.54) is 25.7 Å². The Morgan fingerprint density at radius 2 is 2.10 bits per heavy atom. The average molecular weight is 308 g/mol. The molecule has 1 aromatic rings. The van der Waals surface area contributed by atoms with Crippen LogP contribution in [0.4, 0.5) is 10.5 Å². The molecule has 1 aromatic heterocycles. The minimum absolute atomic E-state index is 0.139. The lowest BCUT2D eigenvalue weighted by atomic mass is 9.83. The van der Waals surface area contributed by atoms with Gasteiger partial charge in [-0.15, -0.1) is 0 Å². The molecule has 0 saturated heterocycles. The van der Waals surface area contributed by atoms with Gasteiger partial charge >= 0.3 is 6.03 Å². The molecule has 0 radical (unpaired) electrons. The number of carbonyl (C=O) groups excluding carboxylic acids is 1. The smallest absolute Gasteiger partial charge is 0.319 e. The van der Waals surface area contributed by atoms with Crippen molar-refractivity contribution in [1.82, 2.24) is 10.3 Å². The summed E-state index contributed by atoms with van der Waals surface area (Å²) in [7, 11) is 0.